The average Bonchev–Trinajstić information content (AvgIpc) is 3.21. The molecule has 1 aromatic heterocycles. The van der Waals surface area contributed by atoms with Crippen molar-refractivity contribution in [2.45, 2.75) is 79.1 Å². The summed E-state index contributed by atoms with van der Waals surface area (Å²) in [5, 5.41) is 11.7. The van der Waals surface area contributed by atoms with Crippen LogP contribution in [0.5, 0.6) is 0 Å². The lowest BCUT2D eigenvalue weighted by Gasteiger charge is -2.28. The van der Waals surface area contributed by atoms with Gasteiger partial charge in [-0.2, -0.15) is 0 Å². The molecule has 0 radical (unpaired) electrons. The maximum Gasteiger partial charge on any atom is 0.427 e. The minimum atomic E-state index is -1.16. The number of carbonyl (C=O) groups is 3. The number of non-ortho nitro benzene ring substituents is 1. The van der Waals surface area contributed by atoms with Gasteiger partial charge in [0.05, 0.1) is 16.3 Å². The van der Waals surface area contributed by atoms with Gasteiger partial charge >= 0.3 is 18.3 Å². The van der Waals surface area contributed by atoms with Crippen molar-refractivity contribution >= 4 is 29.9 Å². The van der Waals surface area contributed by atoms with Crippen molar-refractivity contribution in [1.82, 2.24) is 9.55 Å². The van der Waals surface area contributed by atoms with E-state index in [-0.39, 0.29) is 22.6 Å². The number of hydrogen-bond acceptors (Lipinski definition) is 9. The molecular formula is C30H36N4O8. The molecule has 3 rings (SSSR count). The van der Waals surface area contributed by atoms with Gasteiger partial charge in [-0.25, -0.2) is 23.9 Å². The molecule has 224 valence electrons. The van der Waals surface area contributed by atoms with E-state index in [1.807, 2.05) is 0 Å². The Balaban J connectivity index is 2.48. The topological polar surface area (TPSA) is 143 Å². The third kappa shape index (κ3) is 7.93. The van der Waals surface area contributed by atoms with Gasteiger partial charge in [0.25, 0.3) is 5.69 Å². The highest BCUT2D eigenvalue weighted by atomic mass is 16.6. The molecule has 2 aromatic carbocycles. The average molecular weight is 581 g/mol. The Labute approximate surface area is 244 Å². The van der Waals surface area contributed by atoms with Crippen LogP contribution in [0.3, 0.4) is 0 Å². The van der Waals surface area contributed by atoms with Crippen molar-refractivity contribution in [1.29, 1.82) is 0 Å². The predicted octanol–water partition coefficient (Wildman–Crippen LogP) is 7.59. The van der Waals surface area contributed by atoms with Crippen LogP contribution in [0, 0.1) is 10.1 Å². The summed E-state index contributed by atoms with van der Waals surface area (Å²) in [5.41, 5.74) is -2.43. The molecule has 0 aliphatic rings. The maximum atomic E-state index is 13.9. The van der Waals surface area contributed by atoms with Gasteiger partial charge in [0.1, 0.15) is 16.8 Å². The lowest BCUT2D eigenvalue weighted by Crippen LogP contribution is -2.45. The largest absolute Gasteiger partial charge is 0.443 e. The number of aromatic nitrogens is 2. The smallest absolute Gasteiger partial charge is 0.427 e. The molecule has 12 heteroatoms. The molecule has 0 N–H and O–H groups in total. The highest BCUT2D eigenvalue weighted by Gasteiger charge is 2.40. The fourth-order valence-electron chi connectivity index (χ4n) is 3.72. The van der Waals surface area contributed by atoms with Crippen LogP contribution in [0.25, 0.3) is 22.5 Å². The minimum Gasteiger partial charge on any atom is -0.443 e. The van der Waals surface area contributed by atoms with Crippen LogP contribution >= 0.6 is 0 Å². The Morgan fingerprint density at radius 3 is 1.74 bits per heavy atom. The van der Waals surface area contributed by atoms with Crippen molar-refractivity contribution in [3.63, 3.8) is 0 Å². The van der Waals surface area contributed by atoms with E-state index in [0.717, 1.165) is 4.57 Å². The summed E-state index contributed by atoms with van der Waals surface area (Å²) in [7, 11) is 0. The Bertz CT molecular complexity index is 1460. The number of benzene rings is 2. The molecule has 0 spiro atoms. The van der Waals surface area contributed by atoms with Crippen molar-refractivity contribution < 1.29 is 33.5 Å². The number of imide groups is 1. The maximum absolute atomic E-state index is 13.9. The number of nitro groups is 1. The van der Waals surface area contributed by atoms with Gasteiger partial charge in [-0.15, -0.1) is 4.90 Å². The second-order valence-corrected chi connectivity index (χ2v) is 12.4. The normalized spacial score (nSPS) is 11.9. The van der Waals surface area contributed by atoms with Crippen molar-refractivity contribution in [3.05, 3.63) is 64.7 Å². The molecule has 42 heavy (non-hydrogen) atoms. The van der Waals surface area contributed by atoms with Crippen LogP contribution in [-0.2, 0) is 14.2 Å². The van der Waals surface area contributed by atoms with Crippen LogP contribution < -0.4 is 4.90 Å². The fourth-order valence-corrected chi connectivity index (χ4v) is 3.72. The molecule has 0 aliphatic carbocycles. The zero-order valence-electron chi connectivity index (χ0n) is 25.3. The van der Waals surface area contributed by atoms with E-state index in [4.69, 9.17) is 14.2 Å². The molecule has 0 aliphatic heterocycles. The Hall–Kier alpha value is -4.74. The molecule has 0 unspecified atom stereocenters. The molecule has 0 atom stereocenters. The van der Waals surface area contributed by atoms with Gasteiger partial charge in [-0.1, -0.05) is 42.5 Å². The van der Waals surface area contributed by atoms with Crippen LogP contribution in [0.15, 0.2) is 54.6 Å². The minimum absolute atomic E-state index is 0.0475. The standard InChI is InChI=1S/C30H36N4O8/c1-28(2,3)40-25(35)32-23(20-16-13-17-21(18-20)34(38)39)22(19-14-11-10-12-15-19)31-24(32)33(26(36)41-29(4,5)6)27(37)42-30(7,8)9/h10-18H,1-9H3. The fraction of sp³-hybridized carbons (Fsp3) is 0.400. The highest BCUT2D eigenvalue weighted by Crippen LogP contribution is 2.38. The van der Waals surface area contributed by atoms with E-state index in [0.29, 0.717) is 10.5 Å². The van der Waals surface area contributed by atoms with Crippen molar-refractivity contribution in [2.24, 2.45) is 0 Å². The number of hydrogen-bond donors (Lipinski definition) is 0. The van der Waals surface area contributed by atoms with E-state index in [9.17, 15) is 24.5 Å². The number of ether oxygens (including phenoxy) is 3. The molecule has 2 amide bonds. The van der Waals surface area contributed by atoms with Gasteiger partial charge < -0.3 is 14.2 Å². The molecule has 0 saturated heterocycles. The molecule has 1 heterocycles. The monoisotopic (exact) mass is 580 g/mol. The lowest BCUT2D eigenvalue weighted by molar-refractivity contribution is -0.384. The zero-order valence-corrected chi connectivity index (χ0v) is 25.3. The van der Waals surface area contributed by atoms with E-state index in [2.05, 4.69) is 4.98 Å². The van der Waals surface area contributed by atoms with E-state index in [1.165, 1.54) is 18.2 Å². The van der Waals surface area contributed by atoms with Crippen LogP contribution in [0.2, 0.25) is 0 Å². The first-order valence-corrected chi connectivity index (χ1v) is 13.2. The summed E-state index contributed by atoms with van der Waals surface area (Å²) >= 11 is 0. The zero-order chi connectivity index (χ0) is 31.6. The van der Waals surface area contributed by atoms with Gasteiger partial charge in [-0.3, -0.25) is 10.1 Å². The lowest BCUT2D eigenvalue weighted by atomic mass is 10.0. The highest BCUT2D eigenvalue weighted by molar-refractivity contribution is 6.10. The number of amides is 2. The Morgan fingerprint density at radius 2 is 1.26 bits per heavy atom. The van der Waals surface area contributed by atoms with Crippen LogP contribution in [0.4, 0.5) is 26.0 Å². The first-order chi connectivity index (χ1) is 19.3. The Morgan fingerprint density at radius 1 is 0.762 bits per heavy atom. The third-order valence-corrected chi connectivity index (χ3v) is 5.17. The second-order valence-electron chi connectivity index (χ2n) is 12.4. The summed E-state index contributed by atoms with van der Waals surface area (Å²) < 4.78 is 17.7. The molecule has 0 bridgehead atoms. The summed E-state index contributed by atoms with van der Waals surface area (Å²) in [4.78, 5) is 57.3. The molecule has 0 saturated carbocycles. The summed E-state index contributed by atoms with van der Waals surface area (Å²) in [5.74, 6) is -0.479. The van der Waals surface area contributed by atoms with Crippen LogP contribution in [0.1, 0.15) is 62.3 Å². The SMILES string of the molecule is CC(C)(C)OC(=O)N(C(=O)OC(C)(C)C)c1nc(-c2ccccc2)c(-c2cccc([N+](=O)[O-])c2)n1C(=O)OC(C)(C)C. The number of nitrogens with zero attached hydrogens (tertiary/aromatic N) is 4. The quantitative estimate of drug-likeness (QED) is 0.173. The Kier molecular flexibility index (Phi) is 8.80. The molecule has 3 aromatic rings. The van der Waals surface area contributed by atoms with Gasteiger partial charge in [0.15, 0.2) is 0 Å². The van der Waals surface area contributed by atoms with Crippen molar-refractivity contribution in [2.75, 3.05) is 4.90 Å². The molecular weight excluding hydrogens is 544 g/mol. The summed E-state index contributed by atoms with van der Waals surface area (Å²) in [6.45, 7) is 14.6. The predicted molar refractivity (Wildman–Crippen MR) is 156 cm³/mol. The van der Waals surface area contributed by atoms with Gasteiger partial charge in [0, 0.05) is 23.3 Å². The summed E-state index contributed by atoms with van der Waals surface area (Å²) in [6, 6.07) is 14.2. The van der Waals surface area contributed by atoms with E-state index >= 15 is 0 Å². The van der Waals surface area contributed by atoms with Gasteiger partial charge in [-0.05, 0) is 62.3 Å². The van der Waals surface area contributed by atoms with E-state index in [1.54, 1.807) is 98.7 Å². The number of carbonyl (C=O) groups excluding carboxylic acids is 3. The molecule has 0 fully saturated rings. The second kappa shape index (κ2) is 11.6. The third-order valence-electron chi connectivity index (χ3n) is 5.17. The van der Waals surface area contributed by atoms with Gasteiger partial charge in [0.2, 0.25) is 5.95 Å². The van der Waals surface area contributed by atoms with Crippen molar-refractivity contribution in [3.8, 4) is 22.5 Å². The number of imidazole rings is 1. The van der Waals surface area contributed by atoms with Crippen LogP contribution in [-0.4, -0.2) is 49.6 Å². The molecule has 12 nitrogen and oxygen atoms in total. The first-order valence-electron chi connectivity index (χ1n) is 13.2. The summed E-state index contributed by atoms with van der Waals surface area (Å²) in [6.07, 6.45) is -3.31. The number of rotatable bonds is 4. The first kappa shape index (κ1) is 31.8. The number of anilines is 1. The van der Waals surface area contributed by atoms with E-state index < -0.39 is 46.0 Å². The number of nitro benzene ring substituents is 1.